The molecule has 0 radical (unpaired) electrons. The van der Waals surface area contributed by atoms with Gasteiger partial charge >= 0.3 is 6.03 Å². The number of urea groups is 1. The molecule has 2 amide bonds. The Hall–Kier alpha value is -3.06. The van der Waals surface area contributed by atoms with E-state index < -0.39 is 0 Å². The summed E-state index contributed by atoms with van der Waals surface area (Å²) in [6, 6.07) is 12.4. The van der Waals surface area contributed by atoms with Crippen LogP contribution in [0.15, 0.2) is 54.9 Å². The van der Waals surface area contributed by atoms with Gasteiger partial charge in [0.05, 0.1) is 0 Å². The second-order valence-corrected chi connectivity index (χ2v) is 6.00. The zero-order valence-electron chi connectivity index (χ0n) is 14.2. The van der Waals surface area contributed by atoms with Crippen LogP contribution in [-0.4, -0.2) is 33.7 Å². The number of aromatic nitrogens is 3. The molecule has 3 rings (SSSR count). The molecule has 0 aliphatic rings. The van der Waals surface area contributed by atoms with Gasteiger partial charge in [-0.05, 0) is 37.3 Å². The molecule has 0 atom stereocenters. The van der Waals surface area contributed by atoms with Gasteiger partial charge in [-0.3, -0.25) is 0 Å². The average molecular weight is 371 g/mol. The maximum absolute atomic E-state index is 11.9. The maximum atomic E-state index is 11.9. The van der Waals surface area contributed by atoms with Crippen LogP contribution in [0.5, 0.6) is 0 Å². The Morgan fingerprint density at radius 3 is 2.69 bits per heavy atom. The van der Waals surface area contributed by atoms with Crippen molar-refractivity contribution in [2.75, 3.05) is 23.7 Å². The van der Waals surface area contributed by atoms with E-state index in [0.29, 0.717) is 35.4 Å². The van der Waals surface area contributed by atoms with Crippen LogP contribution in [0.1, 0.15) is 5.82 Å². The molecule has 8 heteroatoms. The molecule has 2 heterocycles. The number of hydrogen-bond acceptors (Lipinski definition) is 4. The summed E-state index contributed by atoms with van der Waals surface area (Å²) >= 11 is 5.89. The summed E-state index contributed by atoms with van der Waals surface area (Å²) in [5.41, 5.74) is 0.644. The van der Waals surface area contributed by atoms with Crippen LogP contribution < -0.4 is 16.0 Å². The zero-order valence-corrected chi connectivity index (χ0v) is 15.0. The Morgan fingerprint density at radius 2 is 1.92 bits per heavy atom. The van der Waals surface area contributed by atoms with Gasteiger partial charge in [-0.2, -0.15) is 0 Å². The van der Waals surface area contributed by atoms with Gasteiger partial charge in [-0.15, -0.1) is 0 Å². The molecular weight excluding hydrogens is 352 g/mol. The van der Waals surface area contributed by atoms with E-state index in [1.165, 1.54) is 0 Å². The Labute approximate surface area is 156 Å². The molecule has 0 aliphatic heterocycles. The number of hydrogen-bond donors (Lipinski definition) is 3. The minimum Gasteiger partial charge on any atom is -0.368 e. The Kier molecular flexibility index (Phi) is 5.70. The predicted octanol–water partition coefficient (Wildman–Crippen LogP) is 3.46. The first kappa shape index (κ1) is 17.8. The SMILES string of the molecule is Cc1nc(NCCNC(=O)Nc2cccc(Cl)c2)cc(-n2cccc2)n1. The summed E-state index contributed by atoms with van der Waals surface area (Å²) < 4.78 is 1.91. The first-order chi connectivity index (χ1) is 12.6. The number of halogens is 1. The number of carbonyl (C=O) groups is 1. The third kappa shape index (κ3) is 4.97. The molecule has 0 bridgehead atoms. The van der Waals surface area contributed by atoms with Crippen molar-refractivity contribution in [3.63, 3.8) is 0 Å². The van der Waals surface area contributed by atoms with Crippen LogP contribution in [0, 0.1) is 6.92 Å². The normalized spacial score (nSPS) is 10.4. The molecule has 2 aromatic heterocycles. The second-order valence-electron chi connectivity index (χ2n) is 5.57. The summed E-state index contributed by atoms with van der Waals surface area (Å²) in [4.78, 5) is 20.6. The topological polar surface area (TPSA) is 83.9 Å². The van der Waals surface area contributed by atoms with Crippen molar-refractivity contribution < 1.29 is 4.79 Å². The fraction of sp³-hybridized carbons (Fsp3) is 0.167. The van der Waals surface area contributed by atoms with E-state index in [0.717, 1.165) is 5.82 Å². The summed E-state index contributed by atoms with van der Waals surface area (Å²) in [5, 5.41) is 9.26. The van der Waals surface area contributed by atoms with Crippen LogP contribution in [0.2, 0.25) is 5.02 Å². The summed E-state index contributed by atoms with van der Waals surface area (Å²) in [7, 11) is 0. The first-order valence-corrected chi connectivity index (χ1v) is 8.51. The molecular formula is C18H19ClN6O. The van der Waals surface area contributed by atoms with Crippen LogP contribution in [0.25, 0.3) is 5.82 Å². The van der Waals surface area contributed by atoms with Crippen LogP contribution in [0.4, 0.5) is 16.3 Å². The number of anilines is 2. The highest BCUT2D eigenvalue weighted by Gasteiger charge is 2.04. The Balaban J connectivity index is 1.48. The number of amides is 2. The van der Waals surface area contributed by atoms with Crippen molar-refractivity contribution in [3.8, 4) is 5.82 Å². The molecule has 7 nitrogen and oxygen atoms in total. The molecule has 0 spiro atoms. The largest absolute Gasteiger partial charge is 0.368 e. The molecule has 0 saturated carbocycles. The van der Waals surface area contributed by atoms with Crippen molar-refractivity contribution in [1.29, 1.82) is 0 Å². The number of rotatable bonds is 6. The predicted molar refractivity (Wildman–Crippen MR) is 103 cm³/mol. The smallest absolute Gasteiger partial charge is 0.319 e. The molecule has 3 aromatic rings. The third-order valence-corrected chi connectivity index (χ3v) is 3.73. The number of nitrogens with zero attached hydrogens (tertiary/aromatic N) is 3. The highest BCUT2D eigenvalue weighted by molar-refractivity contribution is 6.30. The maximum Gasteiger partial charge on any atom is 0.319 e. The second kappa shape index (κ2) is 8.35. The van der Waals surface area contributed by atoms with Gasteiger partial charge in [-0.1, -0.05) is 17.7 Å². The molecule has 1 aromatic carbocycles. The Bertz CT molecular complexity index is 881. The number of nitrogens with one attached hydrogen (secondary N) is 3. The standard InChI is InChI=1S/C18H19ClN6O/c1-13-22-16(12-17(23-13)25-9-2-3-10-25)20-7-8-21-18(26)24-15-6-4-5-14(19)11-15/h2-6,9-12H,7-8H2,1H3,(H,20,22,23)(H2,21,24,26). The van der Waals surface area contributed by atoms with E-state index in [9.17, 15) is 4.79 Å². The number of carbonyl (C=O) groups excluding carboxylic acids is 1. The van der Waals surface area contributed by atoms with Crippen LogP contribution in [0.3, 0.4) is 0 Å². The first-order valence-electron chi connectivity index (χ1n) is 8.13. The molecule has 134 valence electrons. The average Bonchev–Trinajstić information content (AvgIpc) is 3.13. The molecule has 0 aliphatic carbocycles. The van der Waals surface area contributed by atoms with Gasteiger partial charge in [0.2, 0.25) is 0 Å². The van der Waals surface area contributed by atoms with Crippen molar-refractivity contribution in [3.05, 3.63) is 65.7 Å². The number of aryl methyl sites for hydroxylation is 1. The lowest BCUT2D eigenvalue weighted by atomic mass is 10.3. The lowest BCUT2D eigenvalue weighted by molar-refractivity contribution is 0.252. The lowest BCUT2D eigenvalue weighted by Crippen LogP contribution is -2.32. The van der Waals surface area contributed by atoms with E-state index >= 15 is 0 Å². The van der Waals surface area contributed by atoms with Crippen molar-refractivity contribution in [2.24, 2.45) is 0 Å². The van der Waals surface area contributed by atoms with Gasteiger partial charge in [0.1, 0.15) is 17.5 Å². The van der Waals surface area contributed by atoms with E-state index in [1.54, 1.807) is 24.3 Å². The van der Waals surface area contributed by atoms with Gasteiger partial charge in [0.15, 0.2) is 0 Å². The van der Waals surface area contributed by atoms with Crippen LogP contribution >= 0.6 is 11.6 Å². The molecule has 26 heavy (non-hydrogen) atoms. The summed E-state index contributed by atoms with van der Waals surface area (Å²) in [6.45, 7) is 2.81. The van der Waals surface area contributed by atoms with E-state index in [4.69, 9.17) is 11.6 Å². The lowest BCUT2D eigenvalue weighted by Gasteiger charge is -2.11. The molecule has 3 N–H and O–H groups in total. The fourth-order valence-electron chi connectivity index (χ4n) is 2.37. The van der Waals surface area contributed by atoms with E-state index in [2.05, 4.69) is 25.9 Å². The molecule has 0 fully saturated rings. The summed E-state index contributed by atoms with van der Waals surface area (Å²) in [5.74, 6) is 2.17. The van der Waals surface area contributed by atoms with Gasteiger partial charge in [0.25, 0.3) is 0 Å². The molecule has 0 saturated heterocycles. The quantitative estimate of drug-likeness (QED) is 0.580. The van der Waals surface area contributed by atoms with E-state index in [1.807, 2.05) is 42.1 Å². The zero-order chi connectivity index (χ0) is 18.4. The van der Waals surface area contributed by atoms with Crippen molar-refractivity contribution >= 4 is 29.1 Å². The fourth-order valence-corrected chi connectivity index (χ4v) is 2.56. The van der Waals surface area contributed by atoms with Gasteiger partial charge in [0, 0.05) is 42.3 Å². The minimum absolute atomic E-state index is 0.291. The minimum atomic E-state index is -0.291. The monoisotopic (exact) mass is 370 g/mol. The van der Waals surface area contributed by atoms with Gasteiger partial charge in [-0.25, -0.2) is 14.8 Å². The third-order valence-electron chi connectivity index (χ3n) is 3.49. The van der Waals surface area contributed by atoms with Crippen molar-refractivity contribution in [2.45, 2.75) is 6.92 Å². The summed E-state index contributed by atoms with van der Waals surface area (Å²) in [6.07, 6.45) is 3.85. The number of benzene rings is 1. The highest BCUT2D eigenvalue weighted by atomic mass is 35.5. The highest BCUT2D eigenvalue weighted by Crippen LogP contribution is 2.14. The van der Waals surface area contributed by atoms with Crippen LogP contribution in [-0.2, 0) is 0 Å². The Morgan fingerprint density at radius 1 is 1.12 bits per heavy atom. The molecule has 0 unspecified atom stereocenters. The van der Waals surface area contributed by atoms with Crippen molar-refractivity contribution in [1.82, 2.24) is 19.9 Å². The van der Waals surface area contributed by atoms with E-state index in [-0.39, 0.29) is 6.03 Å². The van der Waals surface area contributed by atoms with Gasteiger partial charge < -0.3 is 20.5 Å².